The van der Waals surface area contributed by atoms with Crippen LogP contribution in [-0.2, 0) is 16.1 Å². The Morgan fingerprint density at radius 3 is 2.47 bits per heavy atom. The second kappa shape index (κ2) is 5.85. The van der Waals surface area contributed by atoms with E-state index in [2.05, 4.69) is 0 Å². The van der Waals surface area contributed by atoms with Crippen molar-refractivity contribution in [1.82, 2.24) is 0 Å². The van der Waals surface area contributed by atoms with Gasteiger partial charge in [-0.05, 0) is 43.4 Å². The lowest BCUT2D eigenvalue weighted by molar-refractivity contribution is -0.170. The van der Waals surface area contributed by atoms with Crippen molar-refractivity contribution in [2.24, 2.45) is 0 Å². The smallest absolute Gasteiger partial charge is 0.338 e. The van der Waals surface area contributed by atoms with Gasteiger partial charge < -0.3 is 9.84 Å². The van der Waals surface area contributed by atoms with Gasteiger partial charge >= 0.3 is 5.97 Å². The van der Waals surface area contributed by atoms with Gasteiger partial charge in [0, 0.05) is 0 Å². The summed E-state index contributed by atoms with van der Waals surface area (Å²) in [4.78, 5) is 11.9. The highest BCUT2D eigenvalue weighted by atomic mass is 16.5. The number of carbonyl (C=O) groups is 1. The van der Waals surface area contributed by atoms with Crippen molar-refractivity contribution in [3.63, 3.8) is 0 Å². The predicted molar refractivity (Wildman–Crippen MR) is 69.0 cm³/mol. The highest BCUT2D eigenvalue weighted by Gasteiger charge is 2.38. The lowest BCUT2D eigenvalue weighted by Crippen LogP contribution is -2.41. The quantitative estimate of drug-likeness (QED) is 0.845. The van der Waals surface area contributed by atoms with E-state index in [4.69, 9.17) is 10.00 Å². The zero-order valence-corrected chi connectivity index (χ0v) is 10.8. The van der Waals surface area contributed by atoms with Gasteiger partial charge in [0.25, 0.3) is 0 Å². The molecule has 4 heteroatoms. The van der Waals surface area contributed by atoms with E-state index in [0.717, 1.165) is 24.8 Å². The first-order valence-corrected chi connectivity index (χ1v) is 6.53. The Bertz CT molecular complexity index is 481. The maximum atomic E-state index is 11.9. The molecule has 0 radical (unpaired) electrons. The minimum atomic E-state index is -1.30. The molecule has 19 heavy (non-hydrogen) atoms. The average molecular weight is 259 g/mol. The first kappa shape index (κ1) is 13.6. The third-order valence-electron chi connectivity index (χ3n) is 3.51. The van der Waals surface area contributed by atoms with Crippen molar-refractivity contribution in [1.29, 1.82) is 5.26 Å². The molecule has 0 atom stereocenters. The largest absolute Gasteiger partial charge is 0.459 e. The molecule has 0 unspecified atom stereocenters. The predicted octanol–water partition coefficient (Wildman–Crippen LogP) is 2.30. The van der Waals surface area contributed by atoms with Gasteiger partial charge in [0.05, 0.1) is 11.6 Å². The molecule has 0 heterocycles. The fourth-order valence-electron chi connectivity index (χ4n) is 2.30. The van der Waals surface area contributed by atoms with E-state index in [1.54, 1.807) is 24.3 Å². The molecule has 1 aromatic carbocycles. The number of ether oxygens (including phenoxy) is 1. The first-order valence-electron chi connectivity index (χ1n) is 6.53. The maximum absolute atomic E-state index is 11.9. The van der Waals surface area contributed by atoms with Crippen LogP contribution < -0.4 is 0 Å². The zero-order chi connectivity index (χ0) is 13.7. The Labute approximate surface area is 112 Å². The Morgan fingerprint density at radius 2 is 1.89 bits per heavy atom. The standard InChI is InChI=1S/C15H17NO3/c16-10-12-4-6-13(7-5-12)11-19-14(17)15(18)8-2-1-3-9-15/h4-7,18H,1-3,8-9,11H2. The number of hydrogen-bond acceptors (Lipinski definition) is 4. The number of nitrogens with zero attached hydrogens (tertiary/aromatic N) is 1. The summed E-state index contributed by atoms with van der Waals surface area (Å²) in [5, 5.41) is 18.9. The second-order valence-corrected chi connectivity index (χ2v) is 4.98. The van der Waals surface area contributed by atoms with Gasteiger partial charge in [0.1, 0.15) is 6.61 Å². The summed E-state index contributed by atoms with van der Waals surface area (Å²) in [6.45, 7) is 0.132. The molecule has 1 aromatic rings. The number of benzene rings is 1. The van der Waals surface area contributed by atoms with E-state index in [1.165, 1.54) is 0 Å². The fourth-order valence-corrected chi connectivity index (χ4v) is 2.30. The van der Waals surface area contributed by atoms with Gasteiger partial charge in [0.15, 0.2) is 5.60 Å². The monoisotopic (exact) mass is 259 g/mol. The van der Waals surface area contributed by atoms with E-state index < -0.39 is 11.6 Å². The van der Waals surface area contributed by atoms with E-state index in [9.17, 15) is 9.90 Å². The number of aliphatic hydroxyl groups is 1. The van der Waals surface area contributed by atoms with Crippen molar-refractivity contribution in [2.45, 2.75) is 44.3 Å². The summed E-state index contributed by atoms with van der Waals surface area (Å²) >= 11 is 0. The van der Waals surface area contributed by atoms with Crippen molar-refractivity contribution >= 4 is 5.97 Å². The van der Waals surface area contributed by atoms with Crippen molar-refractivity contribution < 1.29 is 14.6 Å². The summed E-state index contributed by atoms with van der Waals surface area (Å²) in [7, 11) is 0. The molecule has 1 fully saturated rings. The summed E-state index contributed by atoms with van der Waals surface area (Å²) in [6.07, 6.45) is 3.76. The SMILES string of the molecule is N#Cc1ccc(COC(=O)C2(O)CCCCC2)cc1. The van der Waals surface area contributed by atoms with Crippen LogP contribution >= 0.6 is 0 Å². The zero-order valence-electron chi connectivity index (χ0n) is 10.8. The normalized spacial score (nSPS) is 17.5. The van der Waals surface area contributed by atoms with Gasteiger partial charge in [-0.1, -0.05) is 18.6 Å². The lowest BCUT2D eigenvalue weighted by Gasteiger charge is -2.29. The highest BCUT2D eigenvalue weighted by Crippen LogP contribution is 2.29. The molecule has 0 spiro atoms. The van der Waals surface area contributed by atoms with Gasteiger partial charge in [-0.15, -0.1) is 0 Å². The fraction of sp³-hybridized carbons (Fsp3) is 0.467. The topological polar surface area (TPSA) is 70.3 Å². The maximum Gasteiger partial charge on any atom is 0.338 e. The number of carbonyl (C=O) groups excluding carboxylic acids is 1. The van der Waals surface area contributed by atoms with Crippen molar-refractivity contribution in [3.8, 4) is 6.07 Å². The summed E-state index contributed by atoms with van der Waals surface area (Å²) in [5.74, 6) is -0.531. The van der Waals surface area contributed by atoms with Crippen LogP contribution in [0.1, 0.15) is 43.2 Å². The van der Waals surface area contributed by atoms with Crippen LogP contribution in [0.2, 0.25) is 0 Å². The van der Waals surface area contributed by atoms with E-state index in [-0.39, 0.29) is 6.61 Å². The Morgan fingerprint density at radius 1 is 1.26 bits per heavy atom. The van der Waals surface area contributed by atoms with Crippen LogP contribution in [-0.4, -0.2) is 16.7 Å². The van der Waals surface area contributed by atoms with E-state index >= 15 is 0 Å². The molecule has 1 saturated carbocycles. The van der Waals surface area contributed by atoms with Crippen LogP contribution in [0, 0.1) is 11.3 Å². The summed E-state index contributed by atoms with van der Waals surface area (Å²) in [5.41, 5.74) is 0.0814. The number of nitriles is 1. The molecule has 2 rings (SSSR count). The lowest BCUT2D eigenvalue weighted by atomic mass is 9.85. The molecule has 1 aliphatic rings. The molecule has 4 nitrogen and oxygen atoms in total. The minimum Gasteiger partial charge on any atom is -0.459 e. The second-order valence-electron chi connectivity index (χ2n) is 4.98. The molecule has 1 aliphatic carbocycles. The van der Waals surface area contributed by atoms with Crippen LogP contribution in [0.25, 0.3) is 0 Å². The molecule has 0 saturated heterocycles. The van der Waals surface area contributed by atoms with E-state index in [0.29, 0.717) is 18.4 Å². The Kier molecular flexibility index (Phi) is 4.18. The third kappa shape index (κ3) is 3.33. The molecule has 1 N–H and O–H groups in total. The summed E-state index contributed by atoms with van der Waals surface area (Å²) in [6, 6.07) is 8.88. The van der Waals surface area contributed by atoms with Gasteiger partial charge in [-0.3, -0.25) is 0 Å². The average Bonchev–Trinajstić information content (AvgIpc) is 2.46. The molecular weight excluding hydrogens is 242 g/mol. The van der Waals surface area contributed by atoms with E-state index in [1.807, 2.05) is 6.07 Å². The van der Waals surface area contributed by atoms with Gasteiger partial charge in [-0.25, -0.2) is 4.79 Å². The minimum absolute atomic E-state index is 0.132. The van der Waals surface area contributed by atoms with Crippen molar-refractivity contribution in [2.75, 3.05) is 0 Å². The number of hydrogen-bond donors (Lipinski definition) is 1. The molecule has 0 aromatic heterocycles. The summed E-state index contributed by atoms with van der Waals surface area (Å²) < 4.78 is 5.17. The van der Waals surface area contributed by atoms with Crippen LogP contribution in [0.3, 0.4) is 0 Å². The van der Waals surface area contributed by atoms with Gasteiger partial charge in [0.2, 0.25) is 0 Å². The Balaban J connectivity index is 1.90. The number of rotatable bonds is 3. The van der Waals surface area contributed by atoms with Crippen LogP contribution in [0.15, 0.2) is 24.3 Å². The molecule has 0 aliphatic heterocycles. The molecule has 0 amide bonds. The van der Waals surface area contributed by atoms with Crippen molar-refractivity contribution in [3.05, 3.63) is 35.4 Å². The molecule has 0 bridgehead atoms. The molecule has 100 valence electrons. The first-order chi connectivity index (χ1) is 9.14. The Hall–Kier alpha value is -1.86. The van der Waals surface area contributed by atoms with Gasteiger partial charge in [-0.2, -0.15) is 5.26 Å². The molecular formula is C15H17NO3. The van der Waals surface area contributed by atoms with Crippen LogP contribution in [0.5, 0.6) is 0 Å². The van der Waals surface area contributed by atoms with Crippen LogP contribution in [0.4, 0.5) is 0 Å². The highest BCUT2D eigenvalue weighted by molar-refractivity contribution is 5.79. The third-order valence-corrected chi connectivity index (χ3v) is 3.51. The number of esters is 1.